The predicted octanol–water partition coefficient (Wildman–Crippen LogP) is -4.72. The normalized spacial score (nSPS) is 45.4. The minimum Gasteiger partial charge on any atom is -0.790 e. The number of carbonyl (C=O) groups is 2. The van der Waals surface area contributed by atoms with Crippen molar-refractivity contribution < 1.29 is 107 Å². The summed E-state index contributed by atoms with van der Waals surface area (Å²) in [7, 11) is -5.66. The molecule has 1 saturated heterocycles. The van der Waals surface area contributed by atoms with Gasteiger partial charge in [-0.1, -0.05) is 18.6 Å². The van der Waals surface area contributed by atoms with Gasteiger partial charge in [-0.15, -0.1) is 0 Å². The van der Waals surface area contributed by atoms with Crippen LogP contribution in [0.25, 0.3) is 0 Å². The van der Waals surface area contributed by atoms with E-state index in [0.29, 0.717) is 12.0 Å². The first-order chi connectivity index (χ1) is 16.0. The number of hydrogen-bond acceptors (Lipinski definition) is 9. The zero-order valence-corrected chi connectivity index (χ0v) is 27.0. The topological polar surface area (TPSA) is 145 Å². The molecule has 13 heteroatoms. The molecule has 0 amide bonds. The van der Waals surface area contributed by atoms with E-state index in [2.05, 4.69) is 0 Å². The summed E-state index contributed by atoms with van der Waals surface area (Å²) in [4.78, 5) is 49.1. The van der Waals surface area contributed by atoms with Gasteiger partial charge in [-0.2, -0.15) is 0 Å². The summed E-state index contributed by atoms with van der Waals surface area (Å²) in [5.74, 6) is -3.44. The summed E-state index contributed by atoms with van der Waals surface area (Å²) in [5, 5.41) is 9.88. The van der Waals surface area contributed by atoms with E-state index in [1.807, 2.05) is 0 Å². The van der Waals surface area contributed by atoms with Gasteiger partial charge < -0.3 is 33.5 Å². The number of phosphoric ester groups is 1. The zero-order valence-electron chi connectivity index (χ0n) is 22.1. The van der Waals surface area contributed by atoms with Gasteiger partial charge in [0.15, 0.2) is 28.6 Å². The first-order valence-electron chi connectivity index (χ1n) is 11.9. The Bertz CT molecular complexity index is 1110. The van der Waals surface area contributed by atoms with E-state index in [4.69, 9.17) is 14.0 Å². The van der Waals surface area contributed by atoms with Crippen LogP contribution in [-0.2, 0) is 28.2 Å². The molecule has 5 rings (SSSR count). The molecule has 0 aromatic carbocycles. The number of carbonyl (C=O) groups excluding carboxylic acids is 2. The van der Waals surface area contributed by atoms with Crippen molar-refractivity contribution >= 4 is 19.4 Å². The van der Waals surface area contributed by atoms with Crippen molar-refractivity contribution in [2.45, 2.75) is 82.6 Å². The van der Waals surface area contributed by atoms with Crippen molar-refractivity contribution in [2.75, 3.05) is 6.61 Å². The van der Waals surface area contributed by atoms with Crippen molar-refractivity contribution in [2.24, 2.45) is 22.7 Å². The molecule has 0 bridgehead atoms. The molecule has 9 nitrogen and oxygen atoms in total. The van der Waals surface area contributed by atoms with E-state index in [1.165, 1.54) is 18.2 Å². The number of ketones is 2. The molecule has 1 aliphatic heterocycles. The number of ether oxygens (including phenoxy) is 2. The Morgan fingerprint density at radius 3 is 2.49 bits per heavy atom. The van der Waals surface area contributed by atoms with Gasteiger partial charge in [-0.25, -0.2) is 4.39 Å². The number of Topliss-reactive ketones (excluding diaryl/α,β-unsaturated/α-hetero) is 1. The summed E-state index contributed by atoms with van der Waals surface area (Å²) >= 11 is 0. The summed E-state index contributed by atoms with van der Waals surface area (Å²) in [6.07, 6.45) is 2.08. The first-order valence-corrected chi connectivity index (χ1v) is 13.4. The molecule has 37 heavy (non-hydrogen) atoms. The van der Waals surface area contributed by atoms with Crippen LogP contribution >= 0.6 is 7.82 Å². The van der Waals surface area contributed by atoms with E-state index in [1.54, 1.807) is 27.7 Å². The summed E-state index contributed by atoms with van der Waals surface area (Å²) in [5.41, 5.74) is -6.10. The second-order valence-corrected chi connectivity index (χ2v) is 12.6. The summed E-state index contributed by atoms with van der Waals surface area (Å²) < 4.78 is 46.8. The number of hydrogen-bond donors (Lipinski definition) is 1. The van der Waals surface area contributed by atoms with E-state index in [0.717, 1.165) is 0 Å². The van der Waals surface area contributed by atoms with Crippen molar-refractivity contribution in [1.82, 2.24) is 0 Å². The van der Waals surface area contributed by atoms with E-state index in [9.17, 15) is 29.0 Å². The quantitative estimate of drug-likeness (QED) is 0.266. The molecule has 0 aromatic rings. The molecule has 8 atom stereocenters. The minimum atomic E-state index is -5.66. The van der Waals surface area contributed by atoms with Crippen LogP contribution in [0.1, 0.15) is 53.4 Å². The molecular formula is C24H30FNa2O9P. The van der Waals surface area contributed by atoms with Gasteiger partial charge in [0.1, 0.15) is 6.61 Å². The van der Waals surface area contributed by atoms with Gasteiger partial charge in [-0.3, -0.25) is 9.59 Å². The van der Waals surface area contributed by atoms with Gasteiger partial charge in [0.05, 0.1) is 20.0 Å². The van der Waals surface area contributed by atoms with E-state index < -0.39 is 72.1 Å². The Morgan fingerprint density at radius 1 is 1.24 bits per heavy atom. The van der Waals surface area contributed by atoms with Crippen LogP contribution in [-0.4, -0.2) is 52.5 Å². The van der Waals surface area contributed by atoms with Gasteiger partial charge in [0.2, 0.25) is 0 Å². The fourth-order valence-electron chi connectivity index (χ4n) is 8.16. The number of alkyl halides is 1. The minimum absolute atomic E-state index is 0. The molecule has 1 heterocycles. The Kier molecular flexibility index (Phi) is 8.66. The van der Waals surface area contributed by atoms with Crippen LogP contribution in [0.2, 0.25) is 0 Å². The Labute approximate surface area is 259 Å². The predicted molar refractivity (Wildman–Crippen MR) is 115 cm³/mol. The fraction of sp³-hybridized carbons (Fsp3) is 0.750. The van der Waals surface area contributed by atoms with Crippen LogP contribution < -0.4 is 68.9 Å². The molecule has 0 radical (unpaired) electrons. The van der Waals surface area contributed by atoms with Crippen molar-refractivity contribution in [1.29, 1.82) is 0 Å². The van der Waals surface area contributed by atoms with E-state index >= 15 is 4.39 Å². The molecule has 1 N–H and O–H groups in total. The number of rotatable bonds is 4. The smallest absolute Gasteiger partial charge is 0.790 e. The van der Waals surface area contributed by atoms with Crippen LogP contribution in [0.15, 0.2) is 23.8 Å². The van der Waals surface area contributed by atoms with Gasteiger partial charge >= 0.3 is 59.1 Å². The third kappa shape index (κ3) is 4.37. The van der Waals surface area contributed by atoms with Crippen molar-refractivity contribution in [3.63, 3.8) is 0 Å². The third-order valence-electron chi connectivity index (χ3n) is 9.42. The Hall–Kier alpha value is 0.740. The van der Waals surface area contributed by atoms with E-state index in [-0.39, 0.29) is 84.2 Å². The number of aliphatic hydroxyl groups excluding tert-OH is 1. The largest absolute Gasteiger partial charge is 1.00 e. The Balaban J connectivity index is 0.00000190. The maximum absolute atomic E-state index is 17.7. The number of allylic oxidation sites excluding steroid dienone is 4. The second kappa shape index (κ2) is 9.93. The van der Waals surface area contributed by atoms with Crippen molar-refractivity contribution in [3.05, 3.63) is 23.8 Å². The summed E-state index contributed by atoms with van der Waals surface area (Å²) in [6.45, 7) is 5.73. The number of halogens is 1. The fourth-order valence-corrected chi connectivity index (χ4v) is 8.70. The maximum atomic E-state index is 17.7. The molecule has 0 unspecified atom stereocenters. The van der Waals surface area contributed by atoms with Crippen molar-refractivity contribution in [3.8, 4) is 0 Å². The standard InChI is InChI=1S/C24H32FO9P.2Na/c1-20(2)32-18-10-16-15-6-5-13-9-14(27)7-8-21(13,3)23(15,25)19(33-35(29,30)31)11-22(16,4)24(18,34-20)17(28)12-26;;/h7-9,15-16,18-19,26H,5-6,10-12H2,1-4H3,(H2,29,30,31);;/q;2*+1/p-2/t15-,16-,18+,19-,21-,22-,23-,24+;;/m0../s1. The average molecular weight is 558 g/mol. The molecule has 4 aliphatic carbocycles. The van der Waals surface area contributed by atoms with Crippen LogP contribution in [0.4, 0.5) is 4.39 Å². The third-order valence-corrected chi connectivity index (χ3v) is 9.94. The monoisotopic (exact) mass is 558 g/mol. The Morgan fingerprint density at radius 2 is 1.89 bits per heavy atom. The SMILES string of the molecule is CC1(C)O[C@@H]2C[C@H]3[C@@H]4CCC5=CC(=O)C=C[C@]5(C)[C@@]4(F)[C@@H](OP(=O)([O-])[O-])C[C@]3(C)[C@]2(C(=O)CO)O1.[Na+].[Na+]. The molecular weight excluding hydrogens is 528 g/mol. The maximum Gasteiger partial charge on any atom is 1.00 e. The van der Waals surface area contributed by atoms with Gasteiger partial charge in [-0.05, 0) is 64.5 Å². The average Bonchev–Trinajstić information content (AvgIpc) is 3.14. The number of aliphatic hydroxyl groups is 1. The zero-order chi connectivity index (χ0) is 25.8. The van der Waals surface area contributed by atoms with Gasteiger partial charge in [0, 0.05) is 16.7 Å². The van der Waals surface area contributed by atoms with Crippen LogP contribution in [0, 0.1) is 22.7 Å². The van der Waals surface area contributed by atoms with Crippen LogP contribution in [0.3, 0.4) is 0 Å². The molecule has 0 aromatic heterocycles. The summed E-state index contributed by atoms with van der Waals surface area (Å²) in [6, 6.07) is 0. The number of fused-ring (bicyclic) bond motifs is 7. The molecule has 0 spiro atoms. The molecule has 5 aliphatic rings. The second-order valence-electron chi connectivity index (χ2n) is 11.5. The molecule has 194 valence electrons. The van der Waals surface area contributed by atoms with Crippen LogP contribution in [0.5, 0.6) is 0 Å². The first kappa shape index (κ1) is 32.3. The van der Waals surface area contributed by atoms with Gasteiger partial charge in [0.25, 0.3) is 0 Å². The molecule has 3 saturated carbocycles. The molecule has 4 fully saturated rings. The number of phosphoric acid groups is 1.